The maximum absolute atomic E-state index is 12.6. The second-order valence-electron chi connectivity index (χ2n) is 21.6. The first-order valence-corrected chi connectivity index (χ1v) is 31.5. The number of aromatic nitrogens is 8. The van der Waals surface area contributed by atoms with Gasteiger partial charge in [0.05, 0.1) is 48.5 Å². The van der Waals surface area contributed by atoms with E-state index in [1.165, 1.54) is 18.6 Å². The molecule has 0 aliphatic rings. The largest absolute Gasteiger partial charge is 1.00 e. The Balaban J connectivity index is 0.000000172. The van der Waals surface area contributed by atoms with Crippen molar-refractivity contribution in [3.63, 3.8) is 0 Å². The van der Waals surface area contributed by atoms with Gasteiger partial charge in [0.2, 0.25) is 5.43 Å². The van der Waals surface area contributed by atoms with Crippen LogP contribution >= 0.6 is 0 Å². The van der Waals surface area contributed by atoms with E-state index in [1.54, 1.807) is 63.0 Å². The van der Waals surface area contributed by atoms with Crippen LogP contribution in [0.2, 0.25) is 0 Å². The molecule has 0 saturated heterocycles. The van der Waals surface area contributed by atoms with Crippen molar-refractivity contribution in [1.82, 2.24) is 39.9 Å². The summed E-state index contributed by atoms with van der Waals surface area (Å²) in [4.78, 5) is 74.0. The average Bonchev–Trinajstić information content (AvgIpc) is 0.807. The molecule has 19 nitrogen and oxygen atoms in total. The number of aliphatic hydroxyl groups is 1. The molecule has 0 unspecified atom stereocenters. The summed E-state index contributed by atoms with van der Waals surface area (Å²) < 4.78 is 29.5. The Bertz CT molecular complexity index is 4880. The number of carbonyl (C=O) groups excluding carboxylic acids is 2. The van der Waals surface area contributed by atoms with Gasteiger partial charge in [0.15, 0.2) is 17.2 Å². The average molecular weight is 1340 g/mol. The van der Waals surface area contributed by atoms with Gasteiger partial charge in [-0.3, -0.25) is 44.5 Å². The number of hydrogen-bond donors (Lipinski definition) is 3. The molecule has 8 aromatic heterocycles. The number of benzene rings is 6. The molecule has 0 fully saturated rings. The molecule has 21 heteroatoms. The van der Waals surface area contributed by atoms with E-state index >= 15 is 0 Å². The molecule has 100 heavy (non-hydrogen) atoms. The molecule has 14 aromatic rings. The van der Waals surface area contributed by atoms with Crippen molar-refractivity contribution in [2.45, 2.75) is 45.4 Å². The first-order chi connectivity index (χ1) is 48.2. The van der Waals surface area contributed by atoms with Gasteiger partial charge in [0.25, 0.3) is 0 Å². The van der Waals surface area contributed by atoms with Crippen LogP contribution in [0, 0.1) is 0 Å². The summed E-state index contributed by atoms with van der Waals surface area (Å²) in [5.41, 5.74) is 12.1. The van der Waals surface area contributed by atoms with Crippen LogP contribution in [0.5, 0.6) is 17.2 Å². The monoisotopic (exact) mass is 1340 g/mol. The van der Waals surface area contributed by atoms with E-state index in [1.807, 2.05) is 212 Å². The molecular weight excluding hydrogens is 1270 g/mol. The van der Waals surface area contributed by atoms with Crippen LogP contribution in [-0.4, -0.2) is 78.5 Å². The van der Waals surface area contributed by atoms with Gasteiger partial charge < -0.3 is 35.2 Å². The van der Waals surface area contributed by atoms with E-state index in [2.05, 4.69) is 39.9 Å². The smallest absolute Gasteiger partial charge is 1.00 e. The number of rotatable bonds is 19. The second kappa shape index (κ2) is 36.8. The Morgan fingerprint density at radius 1 is 0.430 bits per heavy atom. The summed E-state index contributed by atoms with van der Waals surface area (Å²) >= 11 is 0. The number of H-pyrrole nitrogens is 1. The van der Waals surface area contributed by atoms with E-state index in [0.717, 1.165) is 50.0 Å². The third-order valence-electron chi connectivity index (χ3n) is 15.2. The van der Waals surface area contributed by atoms with Crippen LogP contribution in [0.3, 0.4) is 0 Å². The summed E-state index contributed by atoms with van der Waals surface area (Å²) in [5.74, 6) is 5.77. The molecule has 0 spiro atoms. The van der Waals surface area contributed by atoms with Crippen LogP contribution in [0.4, 0.5) is 0 Å². The summed E-state index contributed by atoms with van der Waals surface area (Å²) in [7, 11) is 0. The molecule has 0 aliphatic carbocycles. The Labute approximate surface area is 602 Å². The van der Waals surface area contributed by atoms with Gasteiger partial charge in [0, 0.05) is 69.1 Å². The SMILES string of the molecule is CCOC(=O)c1c[nH]c2cccnc2c1=O.CCOC(=O)c1cnc2cccnc2c1OC(c1ccccc1)c1ccccc1.NOCc1cnc2cccnc2c1OC(c1ccccc1)c1ccccc1.OCc1cnc2cccnc2c1OC(c1ccccc1)c1ccccc1.[B].[H-].[Na+]. The van der Waals surface area contributed by atoms with E-state index in [4.69, 9.17) is 34.4 Å². The molecule has 0 bridgehead atoms. The van der Waals surface area contributed by atoms with E-state index in [0.29, 0.717) is 50.4 Å². The number of nitrogens with two attached hydrogens (primary N) is 1. The molecule has 3 radical (unpaired) electrons. The topological polar surface area (TPSA) is 259 Å². The van der Waals surface area contributed by atoms with Gasteiger partial charge in [-0.2, -0.15) is 0 Å². The Morgan fingerprint density at radius 3 is 1.14 bits per heavy atom. The van der Waals surface area contributed by atoms with Crippen molar-refractivity contribution in [1.29, 1.82) is 0 Å². The molecule has 4 N–H and O–H groups in total. The van der Waals surface area contributed by atoms with Crippen LogP contribution in [0.25, 0.3) is 44.1 Å². The molecule has 0 amide bonds. The number of carbonyl (C=O) groups is 2. The maximum atomic E-state index is 12.6. The zero-order valence-electron chi connectivity index (χ0n) is 56.0. The molecular formula is C79H68BN9NaO10. The first-order valence-electron chi connectivity index (χ1n) is 31.5. The molecule has 0 atom stereocenters. The van der Waals surface area contributed by atoms with E-state index < -0.39 is 23.5 Å². The number of nitrogens with zero attached hydrogens (tertiary/aromatic N) is 7. The number of aromatic amines is 1. The zero-order valence-corrected chi connectivity index (χ0v) is 57.0. The number of pyridine rings is 8. The predicted octanol–water partition coefficient (Wildman–Crippen LogP) is 11.3. The minimum Gasteiger partial charge on any atom is -1.00 e. The number of aliphatic hydroxyl groups excluding tert-OH is 1. The van der Waals surface area contributed by atoms with Crippen molar-refractivity contribution >= 4 is 64.5 Å². The van der Waals surface area contributed by atoms with E-state index in [-0.39, 0.29) is 94.7 Å². The number of ether oxygens (including phenoxy) is 5. The summed E-state index contributed by atoms with van der Waals surface area (Å²) in [6, 6.07) is 74.5. The number of fused-ring (bicyclic) bond motifs is 4. The van der Waals surface area contributed by atoms with Crippen LogP contribution < -0.4 is 55.1 Å². The van der Waals surface area contributed by atoms with Gasteiger partial charge in [0.1, 0.15) is 51.5 Å². The summed E-state index contributed by atoms with van der Waals surface area (Å²) in [6.45, 7) is 3.97. The quantitative estimate of drug-likeness (QED) is 0.0386. The van der Waals surface area contributed by atoms with Crippen molar-refractivity contribution in [2.75, 3.05) is 13.2 Å². The number of esters is 2. The minimum absolute atomic E-state index is 0. The van der Waals surface area contributed by atoms with Crippen LogP contribution in [0.15, 0.2) is 285 Å². The van der Waals surface area contributed by atoms with E-state index in [9.17, 15) is 19.5 Å². The fraction of sp³-hybridized carbons (Fsp3) is 0.114. The third kappa shape index (κ3) is 18.0. The molecule has 8 heterocycles. The Hall–Kier alpha value is -11.4. The molecule has 0 aliphatic heterocycles. The third-order valence-corrected chi connectivity index (χ3v) is 15.2. The Kier molecular flexibility index (Phi) is 26.9. The standard InChI is InChI=1S/C24H20N2O3.C22H19N3O2.C22H18N2O2.C11H10N2O3.B.Na.H/c1-2-28-24(27)19-16-26-20-14-9-15-25-21(20)23(19)29-22(17-10-5-3-6-11-17)18-12-7-4-8-13-18;23-26-15-18-14-25-19-12-7-13-24-20(19)22(18)27-21(16-8-3-1-4-9-16)17-10-5-2-6-11-17;25-15-18-14-24-19-12-7-13-23-20(19)22(18)26-21(16-8-3-1-4-9-16)17-10-5-2-6-11-17;1-2-16-11(15)7-6-13-8-4-3-5-12-9(8)10(7)14;;;/h3-16,22H,2H2,1H3;1-14,21H,15,23H2;1-14,21,25H,15H2;3-6H,2H2,1H3,(H,13,14);;;/q;;;;;+1;-1. The van der Waals surface area contributed by atoms with Crippen molar-refractivity contribution in [3.05, 3.63) is 346 Å². The van der Waals surface area contributed by atoms with Crippen molar-refractivity contribution < 1.29 is 74.2 Å². The van der Waals surface area contributed by atoms with Crippen molar-refractivity contribution in [3.8, 4) is 17.2 Å². The van der Waals surface area contributed by atoms with Gasteiger partial charge in [-0.15, -0.1) is 0 Å². The second-order valence-corrected chi connectivity index (χ2v) is 21.6. The number of hydrogen-bond acceptors (Lipinski definition) is 18. The zero-order chi connectivity index (χ0) is 67.8. The van der Waals surface area contributed by atoms with Crippen molar-refractivity contribution in [2.24, 2.45) is 5.90 Å². The molecule has 14 rings (SSSR count). The van der Waals surface area contributed by atoms with Gasteiger partial charge in [-0.05, 0) is 95.8 Å². The van der Waals surface area contributed by atoms with Gasteiger partial charge >= 0.3 is 41.5 Å². The molecule has 6 aromatic carbocycles. The summed E-state index contributed by atoms with van der Waals surface area (Å²) in [6.07, 6.45) is 11.8. The fourth-order valence-electron chi connectivity index (χ4n) is 10.6. The van der Waals surface area contributed by atoms with Gasteiger partial charge in [-0.25, -0.2) is 15.5 Å². The van der Waals surface area contributed by atoms with Crippen LogP contribution in [0.1, 0.15) is 98.8 Å². The normalized spacial score (nSPS) is 10.6. The number of nitrogens with one attached hydrogen (secondary N) is 1. The first kappa shape index (κ1) is 72.9. The minimum atomic E-state index is -0.628. The maximum Gasteiger partial charge on any atom is 1.00 e. The Morgan fingerprint density at radius 2 is 0.760 bits per heavy atom. The van der Waals surface area contributed by atoms with Gasteiger partial charge in [-0.1, -0.05) is 182 Å². The molecule has 493 valence electrons. The van der Waals surface area contributed by atoms with Crippen LogP contribution in [-0.2, 0) is 27.5 Å². The summed E-state index contributed by atoms with van der Waals surface area (Å²) in [5, 5.41) is 9.78. The molecule has 0 saturated carbocycles. The fourth-order valence-corrected chi connectivity index (χ4v) is 10.6. The predicted molar refractivity (Wildman–Crippen MR) is 381 cm³/mol.